The predicted molar refractivity (Wildman–Crippen MR) is 66.0 cm³/mol. The Bertz CT molecular complexity index is 428. The molecule has 1 aliphatic carbocycles. The third kappa shape index (κ3) is 4.04. The van der Waals surface area contributed by atoms with Crippen LogP contribution in [0.1, 0.15) is 26.2 Å². The second-order valence-corrected chi connectivity index (χ2v) is 4.47. The van der Waals surface area contributed by atoms with E-state index in [2.05, 4.69) is 10.1 Å². The fourth-order valence-electron chi connectivity index (χ4n) is 1.85. The fraction of sp³-hybridized carbons (Fsp3) is 0.667. The van der Waals surface area contributed by atoms with Gasteiger partial charge in [-0.1, -0.05) is 0 Å². The van der Waals surface area contributed by atoms with Crippen LogP contribution >= 0.6 is 0 Å². The maximum atomic E-state index is 12.1. The Hall–Kier alpha value is -1.92. The second-order valence-electron chi connectivity index (χ2n) is 4.47. The van der Waals surface area contributed by atoms with Gasteiger partial charge in [-0.05, 0) is 19.8 Å². The number of esters is 1. The zero-order valence-electron chi connectivity index (χ0n) is 11.0. The molecule has 1 saturated carbocycles. The minimum absolute atomic E-state index is 0.0361. The van der Waals surface area contributed by atoms with Gasteiger partial charge in [-0.15, -0.1) is 0 Å². The monoisotopic (exact) mass is 266 g/mol. The lowest BCUT2D eigenvalue weighted by molar-refractivity contribution is -0.149. The molecule has 0 aromatic carbocycles. The van der Waals surface area contributed by atoms with Crippen LogP contribution in [0, 0.1) is 0 Å². The van der Waals surface area contributed by atoms with Gasteiger partial charge in [0.15, 0.2) is 0 Å². The van der Waals surface area contributed by atoms with E-state index in [1.807, 2.05) is 0 Å². The highest BCUT2D eigenvalue weighted by Crippen LogP contribution is 2.27. The number of rotatable bonds is 7. The van der Waals surface area contributed by atoms with Crippen molar-refractivity contribution in [3.8, 4) is 0 Å². The van der Waals surface area contributed by atoms with Gasteiger partial charge in [0.05, 0.1) is 13.2 Å². The quantitative estimate of drug-likeness (QED) is 0.660. The first-order valence-electron chi connectivity index (χ1n) is 6.48. The maximum Gasteiger partial charge on any atom is 0.325 e. The Labute approximate surface area is 111 Å². The number of aromatic nitrogens is 3. The van der Waals surface area contributed by atoms with Gasteiger partial charge < -0.3 is 9.64 Å². The SMILES string of the molecule is CCOC(=O)CN(C(=O)CCn1cncn1)C1CC1. The van der Waals surface area contributed by atoms with E-state index in [1.165, 1.54) is 6.33 Å². The molecule has 0 saturated heterocycles. The van der Waals surface area contributed by atoms with Gasteiger partial charge in [0, 0.05) is 12.5 Å². The summed E-state index contributed by atoms with van der Waals surface area (Å²) in [5.41, 5.74) is 0. The summed E-state index contributed by atoms with van der Waals surface area (Å²) in [6.07, 6.45) is 5.25. The first-order valence-corrected chi connectivity index (χ1v) is 6.48. The van der Waals surface area contributed by atoms with Crippen LogP contribution < -0.4 is 0 Å². The molecule has 2 rings (SSSR count). The highest BCUT2D eigenvalue weighted by Gasteiger charge is 2.33. The minimum atomic E-state index is -0.344. The highest BCUT2D eigenvalue weighted by atomic mass is 16.5. The van der Waals surface area contributed by atoms with Gasteiger partial charge in [-0.25, -0.2) is 4.98 Å². The van der Waals surface area contributed by atoms with Crippen LogP contribution in [-0.2, 0) is 20.9 Å². The first kappa shape index (κ1) is 13.5. The topological polar surface area (TPSA) is 77.3 Å². The highest BCUT2D eigenvalue weighted by molar-refractivity contribution is 5.82. The molecule has 0 aliphatic heterocycles. The van der Waals surface area contributed by atoms with E-state index in [4.69, 9.17) is 4.74 Å². The van der Waals surface area contributed by atoms with Crippen molar-refractivity contribution in [2.45, 2.75) is 38.8 Å². The number of amides is 1. The van der Waals surface area contributed by atoms with Crippen LogP contribution in [0.15, 0.2) is 12.7 Å². The zero-order valence-corrected chi connectivity index (χ0v) is 11.0. The lowest BCUT2D eigenvalue weighted by Crippen LogP contribution is -2.38. The molecule has 0 unspecified atom stereocenters. The number of ether oxygens (including phenoxy) is 1. The molecule has 0 N–H and O–H groups in total. The Morgan fingerprint density at radius 2 is 2.26 bits per heavy atom. The average Bonchev–Trinajstić information content (AvgIpc) is 3.09. The summed E-state index contributed by atoms with van der Waals surface area (Å²) in [5.74, 6) is -0.380. The molecule has 7 heteroatoms. The Morgan fingerprint density at radius 1 is 1.47 bits per heavy atom. The summed E-state index contributed by atoms with van der Waals surface area (Å²) in [4.78, 5) is 29.0. The van der Waals surface area contributed by atoms with Crippen molar-refractivity contribution in [1.82, 2.24) is 19.7 Å². The number of nitrogens with zero attached hydrogens (tertiary/aromatic N) is 4. The van der Waals surface area contributed by atoms with Gasteiger partial charge in [0.2, 0.25) is 5.91 Å². The number of aryl methyl sites for hydroxylation is 1. The Kier molecular flexibility index (Phi) is 4.48. The minimum Gasteiger partial charge on any atom is -0.465 e. The molecular weight excluding hydrogens is 248 g/mol. The van der Waals surface area contributed by atoms with Crippen LogP contribution in [-0.4, -0.2) is 50.7 Å². The van der Waals surface area contributed by atoms with Crippen molar-refractivity contribution < 1.29 is 14.3 Å². The summed E-state index contributed by atoms with van der Waals surface area (Å²) in [7, 11) is 0. The third-order valence-electron chi connectivity index (χ3n) is 2.93. The van der Waals surface area contributed by atoms with Crippen molar-refractivity contribution >= 4 is 11.9 Å². The molecule has 1 heterocycles. The molecule has 1 fully saturated rings. The average molecular weight is 266 g/mol. The maximum absolute atomic E-state index is 12.1. The van der Waals surface area contributed by atoms with Crippen LogP contribution in [0.5, 0.6) is 0 Å². The van der Waals surface area contributed by atoms with Gasteiger partial charge >= 0.3 is 5.97 Å². The molecule has 0 atom stereocenters. The van der Waals surface area contributed by atoms with Crippen LogP contribution in [0.4, 0.5) is 0 Å². The number of carbonyl (C=O) groups excluding carboxylic acids is 2. The summed E-state index contributed by atoms with van der Waals surface area (Å²) >= 11 is 0. The second kappa shape index (κ2) is 6.31. The van der Waals surface area contributed by atoms with Crippen molar-refractivity contribution in [2.24, 2.45) is 0 Å². The Balaban J connectivity index is 1.84. The van der Waals surface area contributed by atoms with Crippen molar-refractivity contribution in [1.29, 1.82) is 0 Å². The number of hydrogen-bond donors (Lipinski definition) is 0. The van der Waals surface area contributed by atoms with Crippen molar-refractivity contribution in [3.05, 3.63) is 12.7 Å². The molecule has 7 nitrogen and oxygen atoms in total. The molecule has 104 valence electrons. The summed E-state index contributed by atoms with van der Waals surface area (Å²) < 4.78 is 6.49. The van der Waals surface area contributed by atoms with Gasteiger partial charge in [0.25, 0.3) is 0 Å². The lowest BCUT2D eigenvalue weighted by atomic mass is 10.3. The number of hydrogen-bond acceptors (Lipinski definition) is 5. The van der Waals surface area contributed by atoms with Gasteiger partial charge in [-0.3, -0.25) is 14.3 Å². The molecule has 19 heavy (non-hydrogen) atoms. The first-order chi connectivity index (χ1) is 9.20. The summed E-state index contributed by atoms with van der Waals surface area (Å²) in [6, 6.07) is 0.202. The van der Waals surface area contributed by atoms with Crippen molar-refractivity contribution in [3.63, 3.8) is 0 Å². The van der Waals surface area contributed by atoms with E-state index in [9.17, 15) is 9.59 Å². The standard InChI is InChI=1S/C12H18N4O3/c1-2-19-12(18)7-16(10-3-4-10)11(17)5-6-15-9-13-8-14-15/h8-10H,2-7H2,1H3. The van der Waals surface area contributed by atoms with E-state index in [-0.39, 0.29) is 24.5 Å². The van der Waals surface area contributed by atoms with Gasteiger partial charge in [0.1, 0.15) is 19.2 Å². The van der Waals surface area contributed by atoms with E-state index < -0.39 is 0 Å². The lowest BCUT2D eigenvalue weighted by Gasteiger charge is -2.21. The smallest absolute Gasteiger partial charge is 0.325 e. The molecular formula is C12H18N4O3. The molecule has 0 radical (unpaired) electrons. The van der Waals surface area contributed by atoms with Gasteiger partial charge in [-0.2, -0.15) is 5.10 Å². The zero-order chi connectivity index (χ0) is 13.7. The van der Waals surface area contributed by atoms with E-state index in [0.717, 1.165) is 12.8 Å². The Morgan fingerprint density at radius 3 is 2.84 bits per heavy atom. The van der Waals surface area contributed by atoms with E-state index >= 15 is 0 Å². The molecule has 1 aliphatic rings. The van der Waals surface area contributed by atoms with Crippen LogP contribution in [0.2, 0.25) is 0 Å². The summed E-state index contributed by atoms with van der Waals surface area (Å²) in [5, 5.41) is 3.94. The van der Waals surface area contributed by atoms with Crippen LogP contribution in [0.25, 0.3) is 0 Å². The molecule has 1 aromatic heterocycles. The molecule has 1 amide bonds. The predicted octanol–water partition coefficient (Wildman–Crippen LogP) is 0.222. The molecule has 1 aromatic rings. The van der Waals surface area contributed by atoms with E-state index in [1.54, 1.807) is 22.8 Å². The molecule has 0 spiro atoms. The normalized spacial score (nSPS) is 14.2. The number of carbonyl (C=O) groups is 2. The van der Waals surface area contributed by atoms with Crippen LogP contribution in [0.3, 0.4) is 0 Å². The fourth-order valence-corrected chi connectivity index (χ4v) is 1.85. The largest absolute Gasteiger partial charge is 0.465 e. The summed E-state index contributed by atoms with van der Waals surface area (Å²) in [6.45, 7) is 2.62. The van der Waals surface area contributed by atoms with E-state index in [0.29, 0.717) is 19.6 Å². The third-order valence-corrected chi connectivity index (χ3v) is 2.93. The van der Waals surface area contributed by atoms with Crippen molar-refractivity contribution in [2.75, 3.05) is 13.2 Å². The molecule has 0 bridgehead atoms.